The molecule has 3 unspecified atom stereocenters. The maximum absolute atomic E-state index is 13.3. The van der Waals surface area contributed by atoms with Crippen LogP contribution in [-0.2, 0) is 38.4 Å². The second-order valence-corrected chi connectivity index (χ2v) is 14.8. The van der Waals surface area contributed by atoms with Crippen molar-refractivity contribution in [1.82, 2.24) is 35.2 Å². The maximum atomic E-state index is 13.3. The Morgan fingerprint density at radius 3 is 1.89 bits per heavy atom. The van der Waals surface area contributed by atoms with Gasteiger partial charge in [0.05, 0.1) is 19.6 Å². The predicted octanol–water partition coefficient (Wildman–Crippen LogP) is -7.13. The first-order valence-corrected chi connectivity index (χ1v) is 18.9. The second kappa shape index (κ2) is 22.9. The Bertz CT molecular complexity index is 2060. The highest BCUT2D eigenvalue weighted by atomic mass is 32.2. The predicted molar refractivity (Wildman–Crippen MR) is 189 cm³/mol. The first-order valence-electron chi connectivity index (χ1n) is 17.1. The van der Waals surface area contributed by atoms with E-state index in [0.717, 1.165) is 16.4 Å². The minimum absolute atomic E-state index is 0.0882. The molecule has 1 saturated heterocycles. The van der Waals surface area contributed by atoms with Crippen molar-refractivity contribution >= 4 is 81.8 Å². The van der Waals surface area contributed by atoms with Crippen molar-refractivity contribution in [3.8, 4) is 0 Å². The van der Waals surface area contributed by atoms with Gasteiger partial charge in [-0.3, -0.25) is 14.5 Å². The van der Waals surface area contributed by atoms with E-state index in [0.29, 0.717) is 24.4 Å². The molecular formula is C29H35F9N12O14S2. The number of oxime groups is 1. The number of halogens is 9. The van der Waals surface area contributed by atoms with Crippen molar-refractivity contribution in [3.63, 3.8) is 0 Å². The number of fused-ring (bicyclic) bond motifs is 1. The molecular weight excluding hydrogens is 976 g/mol. The number of nitrogens with zero attached hydrogens (tertiary/aromatic N) is 5. The van der Waals surface area contributed by atoms with E-state index in [-0.39, 0.29) is 29.0 Å². The number of hydrogen-bond acceptors (Lipinski definition) is 19. The number of carbonyl (C=O) groups is 8. The van der Waals surface area contributed by atoms with Crippen LogP contribution in [0.15, 0.2) is 28.3 Å². The summed E-state index contributed by atoms with van der Waals surface area (Å²) in [4.78, 5) is 97.7. The third kappa shape index (κ3) is 16.4. The molecule has 4 rings (SSSR count). The molecule has 37 heteroatoms. The molecule has 0 saturated carbocycles. The summed E-state index contributed by atoms with van der Waals surface area (Å²) < 4.78 is 98.6. The van der Waals surface area contributed by atoms with Gasteiger partial charge in [-0.2, -0.15) is 44.5 Å². The molecule has 0 aromatic carbocycles. The molecule has 1 aromatic heterocycles. The first-order chi connectivity index (χ1) is 30.0. The van der Waals surface area contributed by atoms with Crippen LogP contribution >= 0.6 is 23.3 Å². The number of hydrazine groups is 1. The number of nitrogens with two attached hydrogens (primary N) is 1. The van der Waals surface area contributed by atoms with Gasteiger partial charge < -0.3 is 82.9 Å². The van der Waals surface area contributed by atoms with Crippen LogP contribution in [-0.4, -0.2) is 157 Å². The van der Waals surface area contributed by atoms with Gasteiger partial charge >= 0.3 is 47.5 Å². The summed E-state index contributed by atoms with van der Waals surface area (Å²) in [7, 11) is 1.73. The van der Waals surface area contributed by atoms with E-state index in [4.69, 9.17) is 40.3 Å². The molecule has 0 spiro atoms. The number of H-pyrrole nitrogens is 1. The third-order valence-corrected chi connectivity index (χ3v) is 9.52. The van der Waals surface area contributed by atoms with E-state index < -0.39 is 95.1 Å². The lowest BCUT2D eigenvalue weighted by Gasteiger charge is -2.49. The van der Waals surface area contributed by atoms with Crippen LogP contribution in [0.4, 0.5) is 49.4 Å². The highest BCUT2D eigenvalue weighted by Gasteiger charge is 2.55. The fourth-order valence-electron chi connectivity index (χ4n) is 4.33. The van der Waals surface area contributed by atoms with Crippen molar-refractivity contribution in [2.75, 3.05) is 38.2 Å². The van der Waals surface area contributed by atoms with Crippen LogP contribution in [0.3, 0.4) is 0 Å². The number of aliphatic carboxylic acids is 5. The standard InChI is InChI=1S/C23H32N12O8S2.3C2HF3O2/c1-23(2,20(40)41)43-31-11(15-30-21(26)45-32-15)16(36)29-12-17(37)35-13(19(38)39)9(8-44-18(12)35)6-34-7-10(14(25)33(34)3)28-22(42)27-5-4-24;3*3-2(4,5)1(6)7/h7,12,14,18H,4-6,8,24-25H2,1-3H3,(H,29,36)(H,38,39)(H,40,41)(H2,26,30,32)(H2,27,28,42);3*(H,6,7)/b31-11-;;;. The number of alkyl halides is 9. The molecule has 14 N–H and O–H groups in total. The van der Waals surface area contributed by atoms with Gasteiger partial charge in [-0.25, -0.2) is 19.4 Å². The molecule has 0 aliphatic carbocycles. The maximum Gasteiger partial charge on any atom is 0.430 e. The molecule has 4 heterocycles. The number of nitrogens with one attached hydrogen (secondary N) is 4. The van der Waals surface area contributed by atoms with Crippen LogP contribution in [0, 0.1) is 0 Å². The number of amides is 4. The summed E-state index contributed by atoms with van der Waals surface area (Å²) >= 11 is 2.06. The summed E-state index contributed by atoms with van der Waals surface area (Å²) in [5.74, 6) is -13.2. The number of urea groups is 1. The van der Waals surface area contributed by atoms with E-state index >= 15 is 0 Å². The first kappa shape index (κ1) is 57.3. The van der Waals surface area contributed by atoms with Gasteiger partial charge in [-0.05, 0) is 23.8 Å². The zero-order chi connectivity index (χ0) is 51.4. The molecule has 66 heavy (non-hydrogen) atoms. The monoisotopic (exact) mass is 1010 g/mol. The highest BCUT2D eigenvalue weighted by Crippen LogP contribution is 2.41. The molecule has 26 nitrogen and oxygen atoms in total. The molecule has 0 bridgehead atoms. The average molecular weight is 1010 g/mol. The number of quaternary nitrogens is 2. The van der Waals surface area contributed by atoms with Crippen LogP contribution in [0.5, 0.6) is 0 Å². The number of β-lactam (4-membered cyclic amide) rings is 1. The molecule has 4 amide bonds. The molecule has 0 radical (unpaired) electrons. The van der Waals surface area contributed by atoms with E-state index in [1.54, 1.807) is 23.3 Å². The topological polar surface area (TPSA) is 422 Å². The third-order valence-electron chi connectivity index (χ3n) is 7.60. The normalized spacial score (nSPS) is 18.6. The molecule has 370 valence electrons. The average Bonchev–Trinajstić information content (AvgIpc) is 3.72. The number of hydrogen-bond donors (Lipinski definition) is 8. The summed E-state index contributed by atoms with van der Waals surface area (Å²) in [5.41, 5.74) is 11.9. The van der Waals surface area contributed by atoms with Crippen molar-refractivity contribution in [1.29, 1.82) is 0 Å². The Kier molecular flexibility index (Phi) is 19.9. The number of carboxylic acids is 5. The summed E-state index contributed by atoms with van der Waals surface area (Å²) in [6, 6.07) is -1.55. The number of carboxylic acid groups (broad SMARTS) is 5. The largest absolute Gasteiger partial charge is 0.542 e. The van der Waals surface area contributed by atoms with Crippen LogP contribution < -0.4 is 53.5 Å². The minimum atomic E-state index is -5.19. The number of rotatable bonds is 12. The van der Waals surface area contributed by atoms with E-state index in [9.17, 15) is 73.7 Å². The van der Waals surface area contributed by atoms with Crippen LogP contribution in [0.25, 0.3) is 0 Å². The number of anilines is 1. The van der Waals surface area contributed by atoms with Crippen LogP contribution in [0.1, 0.15) is 19.7 Å². The lowest BCUT2D eigenvalue weighted by molar-refractivity contribution is -0.452. The summed E-state index contributed by atoms with van der Waals surface area (Å²) in [5, 5.41) is 60.2. The molecule has 3 aliphatic rings. The van der Waals surface area contributed by atoms with Gasteiger partial charge in [0.1, 0.15) is 52.3 Å². The quantitative estimate of drug-likeness (QED) is 0.0417. The van der Waals surface area contributed by atoms with Crippen molar-refractivity contribution < 1.29 is 125 Å². The lowest BCUT2D eigenvalue weighted by atomic mass is 10.0. The lowest BCUT2D eigenvalue weighted by Crippen LogP contribution is -2.71. The van der Waals surface area contributed by atoms with Crippen molar-refractivity contribution in [2.45, 2.75) is 55.6 Å². The number of nitrogen functional groups attached to an aromatic ring is 1. The van der Waals surface area contributed by atoms with Gasteiger partial charge in [0.25, 0.3) is 11.8 Å². The molecule has 3 atom stereocenters. The number of aromatic amines is 1. The molecule has 1 fully saturated rings. The van der Waals surface area contributed by atoms with Crippen molar-refractivity contribution in [2.24, 2.45) is 5.16 Å². The van der Waals surface area contributed by atoms with E-state index in [1.807, 2.05) is 0 Å². The number of thioether (sulfide) groups is 1. The Balaban J connectivity index is 0.000000855. The summed E-state index contributed by atoms with van der Waals surface area (Å²) in [6.07, 6.45) is -14.4. The van der Waals surface area contributed by atoms with E-state index in [2.05, 4.69) is 41.9 Å². The Hall–Kier alpha value is -6.73. The smallest absolute Gasteiger partial charge is 0.430 e. The van der Waals surface area contributed by atoms with Crippen molar-refractivity contribution in [3.05, 3.63) is 29.0 Å². The Morgan fingerprint density at radius 2 is 1.48 bits per heavy atom. The van der Waals surface area contributed by atoms with Gasteiger partial charge in [-0.15, -0.1) is 11.8 Å². The minimum Gasteiger partial charge on any atom is -0.542 e. The van der Waals surface area contributed by atoms with Gasteiger partial charge in [-0.1, -0.05) is 5.16 Å². The Labute approximate surface area is 369 Å². The fraction of sp³-hybridized carbons (Fsp3) is 0.483. The number of carbonyl (C=O) groups excluding carboxylic acids is 6. The Morgan fingerprint density at radius 1 is 0.985 bits per heavy atom. The van der Waals surface area contributed by atoms with Gasteiger partial charge in [0, 0.05) is 19.0 Å². The SMILES string of the molecule is CN1C([NH3+])C(NC(=O)NCC[NH3+])=CN1CC1=C(C(=O)O)N2C(=O)C(NC(=O)/C(=N\OC(C)(C)C(=O)O)c3nsc(N)[nH+]3)C2SC1.O=C([O-])C(F)(F)F.O=C([O-])C(F)(F)F.O=C([O-])C(F)(F)F. The molecule has 1 aromatic rings. The number of likely N-dealkylation sites (N-methyl/N-ethyl adjacent to an activating group) is 1. The van der Waals surface area contributed by atoms with Crippen LogP contribution in [0.2, 0.25) is 0 Å². The second-order valence-electron chi connectivity index (χ2n) is 12.8. The highest BCUT2D eigenvalue weighted by molar-refractivity contribution is 8.00. The summed E-state index contributed by atoms with van der Waals surface area (Å²) in [6.45, 7) is 3.45. The zero-order valence-electron chi connectivity index (χ0n) is 33.4. The fourth-order valence-corrected chi connectivity index (χ4v) is 6.13. The molecule has 3 aliphatic heterocycles. The van der Waals surface area contributed by atoms with E-state index in [1.165, 1.54) is 25.6 Å². The zero-order valence-corrected chi connectivity index (χ0v) is 35.0. The number of aromatic nitrogens is 2. The van der Waals surface area contributed by atoms with Gasteiger partial charge in [0.2, 0.25) is 11.3 Å². The van der Waals surface area contributed by atoms with Gasteiger partial charge in [0.15, 0.2) is 6.17 Å².